The summed E-state index contributed by atoms with van der Waals surface area (Å²) in [6.45, 7) is 2.29. The van der Waals surface area contributed by atoms with Crippen molar-refractivity contribution in [3.8, 4) is 5.75 Å². The largest absolute Gasteiger partial charge is 0.508 e. The zero-order chi connectivity index (χ0) is 15.4. The van der Waals surface area contributed by atoms with E-state index in [4.69, 9.17) is 5.11 Å². The maximum atomic E-state index is 12.4. The summed E-state index contributed by atoms with van der Waals surface area (Å²) in [5, 5.41) is 18.1. The minimum Gasteiger partial charge on any atom is -0.508 e. The van der Waals surface area contributed by atoms with E-state index >= 15 is 0 Å². The van der Waals surface area contributed by atoms with Gasteiger partial charge >= 0.3 is 5.97 Å². The van der Waals surface area contributed by atoms with E-state index in [1.165, 1.54) is 29.2 Å². The van der Waals surface area contributed by atoms with Crippen molar-refractivity contribution < 1.29 is 19.8 Å². The highest BCUT2D eigenvalue weighted by Gasteiger charge is 2.16. The van der Waals surface area contributed by atoms with Gasteiger partial charge in [0, 0.05) is 17.8 Å². The summed E-state index contributed by atoms with van der Waals surface area (Å²) in [6, 6.07) is 12.1. The number of hydrogen-bond donors (Lipinski definition) is 2. The average Bonchev–Trinajstić information content (AvgIpc) is 2.49. The Morgan fingerprint density at radius 1 is 0.952 bits per heavy atom. The fraction of sp³-hybridized carbons (Fsp3) is 0.125. The molecule has 0 unspecified atom stereocenters. The smallest absolute Gasteiger partial charge is 0.335 e. The van der Waals surface area contributed by atoms with E-state index in [2.05, 4.69) is 0 Å². The van der Waals surface area contributed by atoms with Crippen LogP contribution < -0.4 is 4.90 Å². The number of amides is 1. The molecule has 0 aliphatic carbocycles. The second-order valence-corrected chi connectivity index (χ2v) is 4.45. The predicted molar refractivity (Wildman–Crippen MR) is 78.9 cm³/mol. The van der Waals surface area contributed by atoms with E-state index < -0.39 is 5.97 Å². The van der Waals surface area contributed by atoms with Crippen molar-refractivity contribution in [1.82, 2.24) is 0 Å². The number of rotatable bonds is 4. The topological polar surface area (TPSA) is 77.8 Å². The minimum atomic E-state index is -1.01. The molecule has 1 amide bonds. The molecule has 0 saturated carbocycles. The number of carbonyl (C=O) groups is 2. The Balaban J connectivity index is 2.28. The van der Waals surface area contributed by atoms with Gasteiger partial charge in [0.05, 0.1) is 5.56 Å². The molecule has 0 atom stereocenters. The first-order chi connectivity index (χ1) is 10.0. The van der Waals surface area contributed by atoms with Crippen LogP contribution in [0.1, 0.15) is 27.6 Å². The van der Waals surface area contributed by atoms with Crippen LogP contribution in [0.3, 0.4) is 0 Å². The first-order valence-corrected chi connectivity index (χ1v) is 6.47. The number of aromatic carboxylic acids is 1. The van der Waals surface area contributed by atoms with Crippen molar-refractivity contribution in [2.24, 2.45) is 0 Å². The van der Waals surface area contributed by atoms with Crippen molar-refractivity contribution in [3.05, 3.63) is 59.7 Å². The molecule has 21 heavy (non-hydrogen) atoms. The van der Waals surface area contributed by atoms with Crippen LogP contribution in [-0.2, 0) is 0 Å². The number of anilines is 1. The Morgan fingerprint density at radius 3 is 1.95 bits per heavy atom. The van der Waals surface area contributed by atoms with Gasteiger partial charge in [0.2, 0.25) is 0 Å². The number of carbonyl (C=O) groups excluding carboxylic acids is 1. The summed E-state index contributed by atoms with van der Waals surface area (Å²) < 4.78 is 0. The molecule has 108 valence electrons. The summed E-state index contributed by atoms with van der Waals surface area (Å²) >= 11 is 0. The standard InChI is InChI=1S/C16H15NO4/c1-2-17(13-7-3-12(4-8-13)16(20)21)15(19)11-5-9-14(18)10-6-11/h3-10,18H,2H2,1H3,(H,20,21). The zero-order valence-electron chi connectivity index (χ0n) is 11.5. The lowest BCUT2D eigenvalue weighted by Crippen LogP contribution is -2.30. The van der Waals surface area contributed by atoms with Crippen molar-refractivity contribution >= 4 is 17.6 Å². The van der Waals surface area contributed by atoms with Crippen molar-refractivity contribution in [3.63, 3.8) is 0 Å². The van der Waals surface area contributed by atoms with Gasteiger partial charge in [-0.3, -0.25) is 4.79 Å². The number of benzene rings is 2. The van der Waals surface area contributed by atoms with Gasteiger partial charge < -0.3 is 15.1 Å². The number of nitrogens with zero attached hydrogens (tertiary/aromatic N) is 1. The lowest BCUT2D eigenvalue weighted by molar-refractivity contribution is 0.0696. The van der Waals surface area contributed by atoms with Crippen molar-refractivity contribution in [2.45, 2.75) is 6.92 Å². The van der Waals surface area contributed by atoms with Crippen LogP contribution in [0.4, 0.5) is 5.69 Å². The van der Waals surface area contributed by atoms with E-state index in [1.807, 2.05) is 6.92 Å². The van der Waals surface area contributed by atoms with E-state index in [-0.39, 0.29) is 17.2 Å². The summed E-state index contributed by atoms with van der Waals surface area (Å²) in [5.74, 6) is -1.12. The first-order valence-electron chi connectivity index (χ1n) is 6.47. The lowest BCUT2D eigenvalue weighted by atomic mass is 10.1. The Kier molecular flexibility index (Phi) is 4.23. The minimum absolute atomic E-state index is 0.0976. The molecule has 0 spiro atoms. The lowest BCUT2D eigenvalue weighted by Gasteiger charge is -2.21. The molecular weight excluding hydrogens is 270 g/mol. The summed E-state index contributed by atoms with van der Waals surface area (Å²) in [5.41, 5.74) is 1.25. The number of carboxylic acid groups (broad SMARTS) is 1. The molecule has 0 aliphatic rings. The molecule has 0 fully saturated rings. The predicted octanol–water partition coefficient (Wildman–Crippen LogP) is 2.76. The number of phenols is 1. The van der Waals surface area contributed by atoms with Gasteiger partial charge in [-0.2, -0.15) is 0 Å². The molecule has 0 aromatic heterocycles. The van der Waals surface area contributed by atoms with Gasteiger partial charge in [0.1, 0.15) is 5.75 Å². The van der Waals surface area contributed by atoms with Crippen molar-refractivity contribution in [2.75, 3.05) is 11.4 Å². The third-order valence-electron chi connectivity index (χ3n) is 3.10. The van der Waals surface area contributed by atoms with Gasteiger partial charge in [-0.25, -0.2) is 4.79 Å². The third-order valence-corrected chi connectivity index (χ3v) is 3.10. The number of hydrogen-bond acceptors (Lipinski definition) is 3. The van der Waals surface area contributed by atoms with Gasteiger partial charge in [-0.1, -0.05) is 0 Å². The molecule has 5 heteroatoms. The van der Waals surface area contributed by atoms with Crippen LogP contribution in [-0.4, -0.2) is 28.6 Å². The number of aromatic hydroxyl groups is 1. The van der Waals surface area contributed by atoms with Crippen LogP contribution in [0.15, 0.2) is 48.5 Å². The maximum absolute atomic E-state index is 12.4. The normalized spacial score (nSPS) is 10.1. The summed E-state index contributed by atoms with van der Waals surface area (Å²) in [7, 11) is 0. The van der Waals surface area contributed by atoms with E-state index in [0.717, 1.165) is 0 Å². The second-order valence-electron chi connectivity index (χ2n) is 4.45. The molecule has 0 heterocycles. The van der Waals surface area contributed by atoms with Crippen LogP contribution in [0, 0.1) is 0 Å². The number of carboxylic acids is 1. The zero-order valence-corrected chi connectivity index (χ0v) is 11.5. The van der Waals surface area contributed by atoms with E-state index in [1.54, 1.807) is 24.3 Å². The van der Waals surface area contributed by atoms with Crippen LogP contribution in [0.25, 0.3) is 0 Å². The molecular formula is C16H15NO4. The van der Waals surface area contributed by atoms with E-state index in [0.29, 0.717) is 17.8 Å². The summed E-state index contributed by atoms with van der Waals surface area (Å²) in [6.07, 6.45) is 0. The molecule has 0 saturated heterocycles. The van der Waals surface area contributed by atoms with Crippen LogP contribution >= 0.6 is 0 Å². The summed E-state index contributed by atoms with van der Waals surface area (Å²) in [4.78, 5) is 24.8. The SMILES string of the molecule is CCN(C(=O)c1ccc(O)cc1)c1ccc(C(=O)O)cc1. The molecule has 0 radical (unpaired) electrons. The Bertz CT molecular complexity index is 647. The molecule has 5 nitrogen and oxygen atoms in total. The highest BCUT2D eigenvalue weighted by Crippen LogP contribution is 2.19. The maximum Gasteiger partial charge on any atom is 0.335 e. The molecule has 2 rings (SSSR count). The average molecular weight is 285 g/mol. The molecule has 2 N–H and O–H groups in total. The fourth-order valence-corrected chi connectivity index (χ4v) is 1.99. The van der Waals surface area contributed by atoms with Gasteiger partial charge in [-0.05, 0) is 55.5 Å². The molecule has 2 aromatic carbocycles. The first kappa shape index (κ1) is 14.6. The highest BCUT2D eigenvalue weighted by molar-refractivity contribution is 6.06. The monoisotopic (exact) mass is 285 g/mol. The molecule has 0 bridgehead atoms. The third kappa shape index (κ3) is 3.20. The highest BCUT2D eigenvalue weighted by atomic mass is 16.4. The van der Waals surface area contributed by atoms with Crippen LogP contribution in [0.2, 0.25) is 0 Å². The number of phenolic OH excluding ortho intramolecular Hbond substituents is 1. The quantitative estimate of drug-likeness (QED) is 0.905. The van der Waals surface area contributed by atoms with Gasteiger partial charge in [-0.15, -0.1) is 0 Å². The molecule has 2 aromatic rings. The van der Waals surface area contributed by atoms with E-state index in [9.17, 15) is 14.7 Å². The van der Waals surface area contributed by atoms with Gasteiger partial charge in [0.25, 0.3) is 5.91 Å². The Labute approximate surface area is 122 Å². The van der Waals surface area contributed by atoms with Crippen molar-refractivity contribution in [1.29, 1.82) is 0 Å². The Hall–Kier alpha value is -2.82. The van der Waals surface area contributed by atoms with Gasteiger partial charge in [0.15, 0.2) is 0 Å². The van der Waals surface area contributed by atoms with Crippen LogP contribution in [0.5, 0.6) is 5.75 Å². The Morgan fingerprint density at radius 2 is 1.48 bits per heavy atom. The second kappa shape index (κ2) is 6.09. The molecule has 0 aliphatic heterocycles. The fourth-order valence-electron chi connectivity index (χ4n) is 1.99.